The number of unbranched alkanes of at least 4 members (excludes halogenated alkanes) is 5. The van der Waals surface area contributed by atoms with E-state index < -0.39 is 11.6 Å². The highest BCUT2D eigenvalue weighted by Gasteiger charge is 2.15. The molecule has 0 unspecified atom stereocenters. The first-order valence-corrected chi connectivity index (χ1v) is 12.2. The zero-order valence-corrected chi connectivity index (χ0v) is 21.1. The number of hydrogen-bond donors (Lipinski definition) is 3. The van der Waals surface area contributed by atoms with Gasteiger partial charge in [0.15, 0.2) is 0 Å². The van der Waals surface area contributed by atoms with Gasteiger partial charge in [0.25, 0.3) is 0 Å². The van der Waals surface area contributed by atoms with Gasteiger partial charge in [-0.1, -0.05) is 25.7 Å². The van der Waals surface area contributed by atoms with Gasteiger partial charge in [0.1, 0.15) is 5.60 Å². The number of hydrogen-bond acceptors (Lipinski definition) is 7. The Hall–Kier alpha value is -2.20. The van der Waals surface area contributed by atoms with Crippen LogP contribution in [0.2, 0.25) is 0 Å². The van der Waals surface area contributed by atoms with Gasteiger partial charge in [0.05, 0.1) is 32.8 Å². The summed E-state index contributed by atoms with van der Waals surface area (Å²) in [4.78, 5) is 45.1. The third-order valence-corrected chi connectivity index (χ3v) is 4.53. The molecule has 0 spiro atoms. The van der Waals surface area contributed by atoms with Gasteiger partial charge < -0.3 is 30.0 Å². The Balaban J connectivity index is 3.35. The van der Waals surface area contributed by atoms with Crippen LogP contribution in [0.1, 0.15) is 85.0 Å². The molecule has 0 aliphatic heterocycles. The van der Waals surface area contributed by atoms with Crippen molar-refractivity contribution in [3.05, 3.63) is 0 Å². The van der Waals surface area contributed by atoms with E-state index in [4.69, 9.17) is 19.3 Å². The van der Waals surface area contributed by atoms with Crippen LogP contribution in [0.25, 0.3) is 0 Å². The Morgan fingerprint density at radius 3 is 1.62 bits per heavy atom. The zero-order chi connectivity index (χ0) is 25.7. The summed E-state index contributed by atoms with van der Waals surface area (Å²) in [6, 6.07) is 0. The zero-order valence-electron chi connectivity index (χ0n) is 21.1. The van der Waals surface area contributed by atoms with Gasteiger partial charge in [-0.2, -0.15) is 0 Å². The maximum Gasteiger partial charge on any atom is 0.306 e. The summed E-state index contributed by atoms with van der Waals surface area (Å²) >= 11 is 0. The van der Waals surface area contributed by atoms with Crippen LogP contribution in [0.4, 0.5) is 0 Å². The maximum absolute atomic E-state index is 11.8. The fraction of sp³-hybridized carbons (Fsp3) is 0.833. The van der Waals surface area contributed by atoms with Gasteiger partial charge in [-0.15, -0.1) is 0 Å². The molecular weight excluding hydrogens is 444 g/mol. The number of carboxylic acids is 1. The Kier molecular flexibility index (Phi) is 18.9. The van der Waals surface area contributed by atoms with E-state index in [1.165, 1.54) is 0 Å². The van der Waals surface area contributed by atoms with Crippen LogP contribution in [0.5, 0.6) is 0 Å². The number of esters is 1. The molecule has 10 heteroatoms. The molecule has 0 aromatic rings. The van der Waals surface area contributed by atoms with E-state index in [-0.39, 0.29) is 30.6 Å². The fourth-order valence-corrected chi connectivity index (χ4v) is 2.90. The normalized spacial score (nSPS) is 11.1. The summed E-state index contributed by atoms with van der Waals surface area (Å²) in [6.45, 7) is 7.85. The molecule has 2 amide bonds. The molecular formula is C24H44N2O8. The maximum atomic E-state index is 11.8. The number of amides is 2. The smallest absolute Gasteiger partial charge is 0.306 e. The molecule has 0 fully saturated rings. The number of aliphatic carboxylic acids is 1. The highest BCUT2D eigenvalue weighted by atomic mass is 16.6. The van der Waals surface area contributed by atoms with E-state index >= 15 is 0 Å². The van der Waals surface area contributed by atoms with Gasteiger partial charge in [0, 0.05) is 32.4 Å². The van der Waals surface area contributed by atoms with Gasteiger partial charge >= 0.3 is 11.9 Å². The quantitative estimate of drug-likeness (QED) is 0.165. The van der Waals surface area contributed by atoms with Gasteiger partial charge in [-0.05, 0) is 33.6 Å². The van der Waals surface area contributed by atoms with Crippen molar-refractivity contribution in [1.29, 1.82) is 0 Å². The van der Waals surface area contributed by atoms with E-state index in [1.54, 1.807) is 0 Å². The topological polar surface area (TPSA) is 140 Å². The average molecular weight is 489 g/mol. The minimum Gasteiger partial charge on any atom is -0.481 e. The first kappa shape index (κ1) is 31.8. The highest BCUT2D eigenvalue weighted by Crippen LogP contribution is 2.12. The second-order valence-corrected chi connectivity index (χ2v) is 9.03. The Labute approximate surface area is 203 Å². The largest absolute Gasteiger partial charge is 0.481 e. The molecule has 3 N–H and O–H groups in total. The lowest BCUT2D eigenvalue weighted by Gasteiger charge is -2.19. The van der Waals surface area contributed by atoms with Crippen LogP contribution in [0.3, 0.4) is 0 Å². The fourth-order valence-electron chi connectivity index (χ4n) is 2.90. The number of carboxylic acid groups (broad SMARTS) is 1. The minimum absolute atomic E-state index is 0.0171. The van der Waals surface area contributed by atoms with E-state index in [0.717, 1.165) is 38.5 Å². The minimum atomic E-state index is -1.00. The van der Waals surface area contributed by atoms with Crippen molar-refractivity contribution in [1.82, 2.24) is 10.6 Å². The van der Waals surface area contributed by atoms with Crippen LogP contribution in [0, 0.1) is 0 Å². The summed E-state index contributed by atoms with van der Waals surface area (Å²) < 4.78 is 16.0. The number of carbonyl (C=O) groups excluding carboxylic acids is 3. The SMILES string of the molecule is CC(C)(C)OC(=O)CCCCCCCCC(=O)NCCOCCOCCNC(=O)CCC(=O)O. The van der Waals surface area contributed by atoms with Crippen molar-refractivity contribution in [3.63, 3.8) is 0 Å². The first-order valence-electron chi connectivity index (χ1n) is 12.2. The summed E-state index contributed by atoms with van der Waals surface area (Å²) in [5.74, 6) is -1.44. The van der Waals surface area contributed by atoms with E-state index in [2.05, 4.69) is 10.6 Å². The van der Waals surface area contributed by atoms with Gasteiger partial charge in [0.2, 0.25) is 11.8 Å². The van der Waals surface area contributed by atoms with Gasteiger partial charge in [-0.3, -0.25) is 19.2 Å². The second-order valence-electron chi connectivity index (χ2n) is 9.03. The molecule has 0 atom stereocenters. The van der Waals surface area contributed by atoms with Crippen molar-refractivity contribution in [2.75, 3.05) is 39.5 Å². The molecule has 0 bridgehead atoms. The predicted octanol–water partition coefficient (Wildman–Crippen LogP) is 2.58. The number of nitrogens with one attached hydrogen (secondary N) is 2. The summed E-state index contributed by atoms with van der Waals surface area (Å²) in [7, 11) is 0. The number of rotatable bonds is 21. The van der Waals surface area contributed by atoms with Crippen molar-refractivity contribution in [2.24, 2.45) is 0 Å². The van der Waals surface area contributed by atoms with Crippen molar-refractivity contribution in [2.45, 2.75) is 90.6 Å². The van der Waals surface area contributed by atoms with Crippen molar-refractivity contribution >= 4 is 23.8 Å². The van der Waals surface area contributed by atoms with Gasteiger partial charge in [-0.25, -0.2) is 0 Å². The predicted molar refractivity (Wildman–Crippen MR) is 127 cm³/mol. The van der Waals surface area contributed by atoms with Crippen LogP contribution in [0.15, 0.2) is 0 Å². The van der Waals surface area contributed by atoms with Crippen LogP contribution in [-0.2, 0) is 33.4 Å². The third kappa shape index (κ3) is 24.4. The molecule has 0 aromatic heterocycles. The second kappa shape index (κ2) is 20.2. The third-order valence-electron chi connectivity index (χ3n) is 4.53. The summed E-state index contributed by atoms with van der Waals surface area (Å²) in [5, 5.41) is 13.9. The van der Waals surface area contributed by atoms with E-state index in [1.807, 2.05) is 20.8 Å². The number of ether oxygens (including phenoxy) is 3. The molecule has 0 saturated heterocycles. The summed E-state index contributed by atoms with van der Waals surface area (Å²) in [5.41, 5.74) is -0.424. The van der Waals surface area contributed by atoms with E-state index in [0.29, 0.717) is 52.4 Å². The molecule has 34 heavy (non-hydrogen) atoms. The molecule has 0 rings (SSSR count). The average Bonchev–Trinajstić information content (AvgIpc) is 2.74. The lowest BCUT2D eigenvalue weighted by atomic mass is 10.1. The van der Waals surface area contributed by atoms with E-state index in [9.17, 15) is 19.2 Å². The molecule has 198 valence electrons. The molecule has 0 saturated carbocycles. The van der Waals surface area contributed by atoms with Crippen LogP contribution >= 0.6 is 0 Å². The molecule has 0 aliphatic rings. The molecule has 0 heterocycles. The monoisotopic (exact) mass is 488 g/mol. The molecule has 0 radical (unpaired) electrons. The summed E-state index contributed by atoms with van der Waals surface area (Å²) in [6.07, 6.45) is 6.51. The first-order chi connectivity index (χ1) is 16.1. The Morgan fingerprint density at radius 2 is 1.12 bits per heavy atom. The molecule has 0 aromatic carbocycles. The lowest BCUT2D eigenvalue weighted by Crippen LogP contribution is -2.28. The molecule has 10 nitrogen and oxygen atoms in total. The molecule has 0 aliphatic carbocycles. The Bertz CT molecular complexity index is 590. The highest BCUT2D eigenvalue weighted by molar-refractivity contribution is 5.80. The Morgan fingerprint density at radius 1 is 0.647 bits per heavy atom. The van der Waals surface area contributed by atoms with Crippen molar-refractivity contribution < 1.29 is 38.5 Å². The number of carbonyl (C=O) groups is 4. The van der Waals surface area contributed by atoms with Crippen LogP contribution in [-0.4, -0.2) is 74.0 Å². The van der Waals surface area contributed by atoms with Crippen molar-refractivity contribution in [3.8, 4) is 0 Å². The lowest BCUT2D eigenvalue weighted by molar-refractivity contribution is -0.155. The van der Waals surface area contributed by atoms with Crippen LogP contribution < -0.4 is 10.6 Å². The standard InChI is InChI=1S/C24H44N2O8/c1-24(2,3)34-23(31)11-9-7-5-4-6-8-10-20(27)25-14-16-32-18-19-33-17-15-26-21(28)12-13-22(29)30/h4-19H2,1-3H3,(H,25,27)(H,26,28)(H,29,30).